The molecule has 2 aliphatic rings. The lowest BCUT2D eigenvalue weighted by Gasteiger charge is -2.11. The highest BCUT2D eigenvalue weighted by Gasteiger charge is 2.64. The van der Waals surface area contributed by atoms with E-state index in [9.17, 15) is 12.8 Å². The lowest BCUT2D eigenvalue weighted by atomic mass is 10.0. The second kappa shape index (κ2) is 3.18. The highest BCUT2D eigenvalue weighted by atomic mass is 35.5. The molecule has 0 saturated heterocycles. The standard InChI is InChI=1S/C10H10FNO2S.ClH/c11-6-1-2-8-7(5-6)9(12)10(3-4-10)15(8,13)14;/h1-2,5,9H,3-4,12H2;1H. The van der Waals surface area contributed by atoms with Gasteiger partial charge in [-0.2, -0.15) is 0 Å². The Hall–Kier alpha value is -0.650. The van der Waals surface area contributed by atoms with Gasteiger partial charge in [0.05, 0.1) is 15.7 Å². The topological polar surface area (TPSA) is 60.2 Å². The van der Waals surface area contributed by atoms with Gasteiger partial charge < -0.3 is 5.73 Å². The molecule has 1 aliphatic carbocycles. The van der Waals surface area contributed by atoms with Crippen LogP contribution in [0, 0.1) is 5.82 Å². The molecule has 2 N–H and O–H groups in total. The molecule has 6 heteroatoms. The predicted octanol–water partition coefficient (Wildman–Crippen LogP) is 1.57. The van der Waals surface area contributed by atoms with Crippen molar-refractivity contribution in [3.63, 3.8) is 0 Å². The molecule has 0 radical (unpaired) electrons. The van der Waals surface area contributed by atoms with E-state index in [4.69, 9.17) is 5.73 Å². The molecule has 3 rings (SSSR count). The van der Waals surface area contributed by atoms with Crippen LogP contribution in [0.3, 0.4) is 0 Å². The summed E-state index contributed by atoms with van der Waals surface area (Å²) in [5.74, 6) is -0.433. The number of benzene rings is 1. The first-order valence-electron chi connectivity index (χ1n) is 4.79. The summed E-state index contributed by atoms with van der Waals surface area (Å²) in [4.78, 5) is 0.217. The molecule has 16 heavy (non-hydrogen) atoms. The van der Waals surface area contributed by atoms with Crippen molar-refractivity contribution < 1.29 is 12.8 Å². The number of hydrogen-bond acceptors (Lipinski definition) is 3. The Balaban J connectivity index is 0.000000963. The van der Waals surface area contributed by atoms with Crippen molar-refractivity contribution in [2.24, 2.45) is 5.73 Å². The minimum atomic E-state index is -3.33. The van der Waals surface area contributed by atoms with Gasteiger partial charge in [-0.1, -0.05) is 0 Å². The van der Waals surface area contributed by atoms with E-state index in [0.717, 1.165) is 0 Å². The van der Waals surface area contributed by atoms with Gasteiger partial charge >= 0.3 is 0 Å². The van der Waals surface area contributed by atoms with Crippen molar-refractivity contribution in [1.29, 1.82) is 0 Å². The van der Waals surface area contributed by atoms with Gasteiger partial charge in [0.1, 0.15) is 5.82 Å². The molecule has 1 fully saturated rings. The Morgan fingerprint density at radius 2 is 2.00 bits per heavy atom. The van der Waals surface area contributed by atoms with Gasteiger partial charge in [-0.25, -0.2) is 12.8 Å². The van der Waals surface area contributed by atoms with Crippen LogP contribution < -0.4 is 5.73 Å². The van der Waals surface area contributed by atoms with Crippen molar-refractivity contribution in [2.45, 2.75) is 28.5 Å². The fraction of sp³-hybridized carbons (Fsp3) is 0.400. The first-order chi connectivity index (χ1) is 6.99. The van der Waals surface area contributed by atoms with E-state index in [1.165, 1.54) is 18.2 Å². The number of hydrogen-bond donors (Lipinski definition) is 1. The number of nitrogens with two attached hydrogens (primary N) is 1. The Morgan fingerprint density at radius 3 is 2.56 bits per heavy atom. The molecule has 1 saturated carbocycles. The third-order valence-corrected chi connectivity index (χ3v) is 6.12. The summed E-state index contributed by atoms with van der Waals surface area (Å²) in [7, 11) is -3.33. The molecule has 1 heterocycles. The Morgan fingerprint density at radius 1 is 1.38 bits per heavy atom. The summed E-state index contributed by atoms with van der Waals surface area (Å²) in [6.45, 7) is 0. The van der Waals surface area contributed by atoms with Crippen LogP contribution >= 0.6 is 12.4 Å². The predicted molar refractivity (Wildman–Crippen MR) is 59.7 cm³/mol. The monoisotopic (exact) mass is 263 g/mol. The molecule has 0 amide bonds. The van der Waals surface area contributed by atoms with Crippen molar-refractivity contribution >= 4 is 22.2 Å². The zero-order valence-corrected chi connectivity index (χ0v) is 9.94. The lowest BCUT2D eigenvalue weighted by molar-refractivity contribution is 0.568. The van der Waals surface area contributed by atoms with Gasteiger partial charge in [-0.15, -0.1) is 12.4 Å². The zero-order chi connectivity index (χ0) is 10.8. The average Bonchev–Trinajstić information content (AvgIpc) is 2.94. The molecule has 1 atom stereocenters. The number of sulfone groups is 1. The number of fused-ring (bicyclic) bond motifs is 1. The zero-order valence-electron chi connectivity index (χ0n) is 8.31. The highest BCUT2D eigenvalue weighted by Crippen LogP contribution is 2.59. The fourth-order valence-electron chi connectivity index (χ4n) is 2.38. The molecular formula is C10H11ClFNO2S. The van der Waals surface area contributed by atoms with Crippen LogP contribution in [0.15, 0.2) is 23.1 Å². The molecule has 1 aromatic carbocycles. The summed E-state index contributed by atoms with van der Waals surface area (Å²) < 4.78 is 36.4. The van der Waals surface area contributed by atoms with Crippen LogP contribution in [0.4, 0.5) is 4.39 Å². The Bertz CT molecular complexity index is 554. The highest BCUT2D eigenvalue weighted by molar-refractivity contribution is 7.93. The fourth-order valence-corrected chi connectivity index (χ4v) is 4.66. The van der Waals surface area contributed by atoms with E-state index in [1.54, 1.807) is 0 Å². The molecule has 0 aromatic heterocycles. The Kier molecular flexibility index (Phi) is 2.35. The summed E-state index contributed by atoms with van der Waals surface area (Å²) >= 11 is 0. The van der Waals surface area contributed by atoms with Crippen molar-refractivity contribution in [2.75, 3.05) is 0 Å². The molecule has 1 spiro atoms. The number of rotatable bonds is 0. The lowest BCUT2D eigenvalue weighted by Crippen LogP contribution is -2.28. The van der Waals surface area contributed by atoms with Gasteiger partial charge in [0.25, 0.3) is 0 Å². The second-order valence-corrected chi connectivity index (χ2v) is 6.49. The third kappa shape index (κ3) is 1.14. The van der Waals surface area contributed by atoms with Crippen molar-refractivity contribution in [1.82, 2.24) is 0 Å². The van der Waals surface area contributed by atoms with Crippen LogP contribution in [0.25, 0.3) is 0 Å². The van der Waals surface area contributed by atoms with Gasteiger partial charge in [-0.05, 0) is 36.6 Å². The summed E-state index contributed by atoms with van der Waals surface area (Å²) in [5.41, 5.74) is 6.32. The van der Waals surface area contributed by atoms with Gasteiger partial charge in [0, 0.05) is 0 Å². The van der Waals surface area contributed by atoms with Crippen molar-refractivity contribution in [3.05, 3.63) is 29.6 Å². The second-order valence-electron chi connectivity index (χ2n) is 4.23. The first kappa shape index (κ1) is 11.8. The van der Waals surface area contributed by atoms with Crippen LogP contribution in [-0.2, 0) is 9.84 Å². The van der Waals surface area contributed by atoms with E-state index >= 15 is 0 Å². The van der Waals surface area contributed by atoms with Crippen LogP contribution in [0.1, 0.15) is 24.4 Å². The minimum absolute atomic E-state index is 0. The largest absolute Gasteiger partial charge is 0.323 e. The molecule has 88 valence electrons. The van der Waals surface area contributed by atoms with Gasteiger partial charge in [0.2, 0.25) is 0 Å². The molecule has 1 aliphatic heterocycles. The maximum Gasteiger partial charge on any atom is 0.186 e. The third-order valence-electron chi connectivity index (χ3n) is 3.44. The van der Waals surface area contributed by atoms with Gasteiger partial charge in [-0.3, -0.25) is 0 Å². The first-order valence-corrected chi connectivity index (χ1v) is 6.27. The molecule has 3 nitrogen and oxygen atoms in total. The van der Waals surface area contributed by atoms with Crippen LogP contribution in [0.2, 0.25) is 0 Å². The van der Waals surface area contributed by atoms with E-state index < -0.39 is 26.4 Å². The summed E-state index contributed by atoms with van der Waals surface area (Å²) in [6.07, 6.45) is 1.18. The van der Waals surface area contributed by atoms with E-state index in [-0.39, 0.29) is 17.3 Å². The van der Waals surface area contributed by atoms with Crippen molar-refractivity contribution in [3.8, 4) is 0 Å². The van der Waals surface area contributed by atoms with E-state index in [1.807, 2.05) is 0 Å². The molecule has 1 aromatic rings. The van der Waals surface area contributed by atoms with Crippen LogP contribution in [-0.4, -0.2) is 13.2 Å². The number of halogens is 2. The quantitative estimate of drug-likeness (QED) is 0.723. The van der Waals surface area contributed by atoms with E-state index in [2.05, 4.69) is 0 Å². The SMILES string of the molecule is Cl.NC1c2cc(F)ccc2S(=O)(=O)C12CC2. The smallest absolute Gasteiger partial charge is 0.186 e. The minimum Gasteiger partial charge on any atom is -0.323 e. The Labute approximate surface area is 99.2 Å². The summed E-state index contributed by atoms with van der Waals surface area (Å²) in [6, 6.07) is 3.18. The van der Waals surface area contributed by atoms with Gasteiger partial charge in [0.15, 0.2) is 9.84 Å². The molecular weight excluding hydrogens is 253 g/mol. The molecule has 0 bridgehead atoms. The normalized spacial score (nSPS) is 27.2. The van der Waals surface area contributed by atoms with Crippen LogP contribution in [0.5, 0.6) is 0 Å². The molecule has 1 unspecified atom stereocenters. The van der Waals surface area contributed by atoms with E-state index in [0.29, 0.717) is 18.4 Å². The average molecular weight is 264 g/mol. The maximum atomic E-state index is 13.0. The summed E-state index contributed by atoms with van der Waals surface area (Å²) in [5, 5.41) is 0. The maximum absolute atomic E-state index is 13.0.